The van der Waals surface area contributed by atoms with Crippen molar-refractivity contribution < 1.29 is 27.9 Å². The monoisotopic (exact) mass is 593 g/mol. The molecule has 0 bridgehead atoms. The molecule has 0 radical (unpaired) electrons. The van der Waals surface area contributed by atoms with Gasteiger partial charge in [-0.25, -0.2) is 5.43 Å². The van der Waals surface area contributed by atoms with Crippen molar-refractivity contribution in [1.29, 1.82) is 0 Å². The average Bonchev–Trinajstić information content (AvgIpc) is 3.38. The summed E-state index contributed by atoms with van der Waals surface area (Å²) < 4.78 is 39.2. The first-order chi connectivity index (χ1) is 19.1. The fourth-order valence-electron chi connectivity index (χ4n) is 4.21. The number of benzene rings is 2. The highest BCUT2D eigenvalue weighted by molar-refractivity contribution is 7.08. The van der Waals surface area contributed by atoms with Crippen molar-refractivity contribution >= 4 is 46.7 Å². The number of rotatable bonds is 9. The summed E-state index contributed by atoms with van der Waals surface area (Å²) in [6, 6.07) is 10.5. The Kier molecular flexibility index (Phi) is 9.93. The van der Waals surface area contributed by atoms with E-state index in [1.54, 1.807) is 11.4 Å². The lowest BCUT2D eigenvalue weighted by molar-refractivity contribution is -0.137. The summed E-state index contributed by atoms with van der Waals surface area (Å²) in [6.07, 6.45) is -3.55. The van der Waals surface area contributed by atoms with Crippen LogP contribution in [-0.4, -0.2) is 72.3 Å². The molecule has 4 rings (SSSR count). The maximum absolute atomic E-state index is 13.1. The number of hydrazone groups is 1. The van der Waals surface area contributed by atoms with Crippen LogP contribution in [0.5, 0.6) is 0 Å². The largest absolute Gasteiger partial charge is 0.417 e. The number of alkyl halides is 3. The summed E-state index contributed by atoms with van der Waals surface area (Å²) in [6.45, 7) is 5.00. The minimum atomic E-state index is -4.62. The molecule has 3 aromatic rings. The predicted octanol–water partition coefficient (Wildman–Crippen LogP) is 4.55. The molecule has 2 aromatic carbocycles. The van der Waals surface area contributed by atoms with Gasteiger partial charge in [-0.3, -0.25) is 19.4 Å². The normalized spacial score (nSPS) is 14.9. The smallest absolute Gasteiger partial charge is 0.395 e. The van der Waals surface area contributed by atoms with Crippen molar-refractivity contribution in [3.05, 3.63) is 86.1 Å². The van der Waals surface area contributed by atoms with Gasteiger partial charge in [0.15, 0.2) is 0 Å². The SMILES string of the molecule is O=C(Nc1cscc1C(=O)N/N=C\c1ccc(Cl)c(C(F)(F)F)c1)c1cccc(CN2CCN(CCO)CC2)c1. The Morgan fingerprint density at radius 3 is 2.52 bits per heavy atom. The predicted molar refractivity (Wildman–Crippen MR) is 149 cm³/mol. The number of halogens is 4. The van der Waals surface area contributed by atoms with E-state index in [4.69, 9.17) is 16.7 Å². The van der Waals surface area contributed by atoms with E-state index in [1.165, 1.54) is 22.8 Å². The standard InChI is InChI=1S/C27H27ClF3N5O3S/c28-23-5-4-18(13-22(23)27(29,30)31)14-32-34-26(39)21-16-40-17-24(21)33-25(38)20-3-1-2-19(12-20)15-36-8-6-35(7-9-36)10-11-37/h1-5,12-14,16-17,37H,6-11,15H2,(H,33,38)(H,34,39)/b32-14-. The number of thiophene rings is 1. The van der Waals surface area contributed by atoms with Crippen molar-refractivity contribution in [2.75, 3.05) is 44.6 Å². The van der Waals surface area contributed by atoms with Crippen molar-refractivity contribution in [2.24, 2.45) is 5.10 Å². The number of amides is 2. The van der Waals surface area contributed by atoms with Crippen molar-refractivity contribution in [3.8, 4) is 0 Å². The molecule has 0 atom stereocenters. The number of piperazine rings is 1. The van der Waals surface area contributed by atoms with Gasteiger partial charge in [0.05, 0.1) is 34.7 Å². The fourth-order valence-corrected chi connectivity index (χ4v) is 5.20. The summed E-state index contributed by atoms with van der Waals surface area (Å²) >= 11 is 6.83. The molecule has 40 heavy (non-hydrogen) atoms. The van der Waals surface area contributed by atoms with Gasteiger partial charge >= 0.3 is 6.18 Å². The third kappa shape index (κ3) is 7.89. The zero-order valence-electron chi connectivity index (χ0n) is 21.2. The minimum Gasteiger partial charge on any atom is -0.395 e. The quantitative estimate of drug-likeness (QED) is 0.250. The highest BCUT2D eigenvalue weighted by Gasteiger charge is 2.33. The van der Waals surface area contributed by atoms with Crippen LogP contribution in [0.1, 0.15) is 37.4 Å². The summed E-state index contributed by atoms with van der Waals surface area (Å²) in [7, 11) is 0. The van der Waals surface area contributed by atoms with Crippen LogP contribution in [0.25, 0.3) is 0 Å². The summed E-state index contributed by atoms with van der Waals surface area (Å²) in [4.78, 5) is 30.1. The third-order valence-corrected chi connectivity index (χ3v) is 7.38. The van der Waals surface area contributed by atoms with E-state index in [0.717, 1.165) is 50.1 Å². The number of β-amino-alcohol motifs (C(OH)–C–C–N with tert-alkyl or cyclic N) is 1. The molecule has 1 fully saturated rings. The van der Waals surface area contributed by atoms with E-state index in [0.29, 0.717) is 24.3 Å². The van der Waals surface area contributed by atoms with Crippen LogP contribution in [0.4, 0.5) is 18.9 Å². The lowest BCUT2D eigenvalue weighted by Crippen LogP contribution is -2.46. The lowest BCUT2D eigenvalue weighted by atomic mass is 10.1. The maximum atomic E-state index is 13.1. The summed E-state index contributed by atoms with van der Waals surface area (Å²) in [5.74, 6) is -1.02. The van der Waals surface area contributed by atoms with Crippen LogP contribution in [-0.2, 0) is 12.7 Å². The molecule has 0 unspecified atom stereocenters. The molecule has 1 aromatic heterocycles. The van der Waals surface area contributed by atoms with Gasteiger partial charge in [0.25, 0.3) is 11.8 Å². The molecule has 3 N–H and O–H groups in total. The molecular formula is C27H27ClF3N5O3S. The minimum absolute atomic E-state index is 0.0998. The number of anilines is 1. The van der Waals surface area contributed by atoms with Gasteiger partial charge in [-0.05, 0) is 35.4 Å². The molecule has 2 heterocycles. The Balaban J connectivity index is 1.35. The molecule has 1 aliphatic rings. The lowest BCUT2D eigenvalue weighted by Gasteiger charge is -2.34. The fraction of sp³-hybridized carbons (Fsp3) is 0.296. The number of aliphatic hydroxyl groups is 1. The highest BCUT2D eigenvalue weighted by Crippen LogP contribution is 2.34. The van der Waals surface area contributed by atoms with Crippen molar-refractivity contribution in [2.45, 2.75) is 12.7 Å². The zero-order valence-corrected chi connectivity index (χ0v) is 22.8. The van der Waals surface area contributed by atoms with Crippen LogP contribution in [0.3, 0.4) is 0 Å². The Hall–Kier alpha value is -3.29. The van der Waals surface area contributed by atoms with Crippen LogP contribution in [0.2, 0.25) is 5.02 Å². The van der Waals surface area contributed by atoms with Crippen LogP contribution in [0.15, 0.2) is 58.3 Å². The summed E-state index contributed by atoms with van der Waals surface area (Å²) in [5, 5.41) is 18.3. The number of nitrogens with zero attached hydrogens (tertiary/aromatic N) is 3. The highest BCUT2D eigenvalue weighted by atomic mass is 35.5. The number of nitrogens with one attached hydrogen (secondary N) is 2. The molecule has 0 aliphatic carbocycles. The van der Waals surface area contributed by atoms with E-state index in [9.17, 15) is 22.8 Å². The van der Waals surface area contributed by atoms with Gasteiger partial charge in [-0.15, -0.1) is 11.3 Å². The van der Waals surface area contributed by atoms with Crippen LogP contribution >= 0.6 is 22.9 Å². The molecule has 212 valence electrons. The molecular weight excluding hydrogens is 567 g/mol. The Bertz CT molecular complexity index is 1370. The van der Waals surface area contributed by atoms with Gasteiger partial charge in [-0.2, -0.15) is 18.3 Å². The number of hydrogen-bond donors (Lipinski definition) is 3. The topological polar surface area (TPSA) is 97.3 Å². The maximum Gasteiger partial charge on any atom is 0.417 e. The first-order valence-electron chi connectivity index (χ1n) is 12.4. The van der Waals surface area contributed by atoms with Gasteiger partial charge in [0, 0.05) is 55.6 Å². The second-order valence-corrected chi connectivity index (χ2v) is 10.3. The molecule has 13 heteroatoms. The van der Waals surface area contributed by atoms with Crippen LogP contribution < -0.4 is 10.7 Å². The molecule has 0 spiro atoms. The first kappa shape index (κ1) is 29.7. The molecule has 1 aliphatic heterocycles. The van der Waals surface area contributed by atoms with Gasteiger partial charge in [-0.1, -0.05) is 29.8 Å². The number of aliphatic hydroxyl groups excluding tert-OH is 1. The van der Waals surface area contributed by atoms with E-state index >= 15 is 0 Å². The zero-order chi connectivity index (χ0) is 28.7. The van der Waals surface area contributed by atoms with Gasteiger partial charge < -0.3 is 10.4 Å². The van der Waals surface area contributed by atoms with E-state index in [-0.39, 0.29) is 23.6 Å². The van der Waals surface area contributed by atoms with Gasteiger partial charge in [0.1, 0.15) is 0 Å². The summed E-state index contributed by atoms with van der Waals surface area (Å²) in [5.41, 5.74) is 3.25. The van der Waals surface area contributed by atoms with E-state index < -0.39 is 22.7 Å². The molecule has 2 amide bonds. The number of hydrogen-bond acceptors (Lipinski definition) is 7. The first-order valence-corrected chi connectivity index (χ1v) is 13.7. The molecule has 0 saturated carbocycles. The Morgan fingerprint density at radius 2 is 1.80 bits per heavy atom. The van der Waals surface area contributed by atoms with Gasteiger partial charge in [0.2, 0.25) is 0 Å². The molecule has 8 nitrogen and oxygen atoms in total. The average molecular weight is 594 g/mol. The Morgan fingerprint density at radius 1 is 1.05 bits per heavy atom. The third-order valence-electron chi connectivity index (χ3n) is 6.31. The second kappa shape index (κ2) is 13.4. The van der Waals surface area contributed by atoms with Crippen LogP contribution in [0, 0.1) is 0 Å². The van der Waals surface area contributed by atoms with E-state index in [1.807, 2.05) is 18.2 Å². The number of carbonyl (C=O) groups excluding carboxylic acids is 2. The number of carbonyl (C=O) groups is 2. The van der Waals surface area contributed by atoms with Crippen molar-refractivity contribution in [3.63, 3.8) is 0 Å². The van der Waals surface area contributed by atoms with E-state index in [2.05, 4.69) is 25.6 Å². The Labute approximate surface area is 238 Å². The second-order valence-electron chi connectivity index (χ2n) is 9.13. The van der Waals surface area contributed by atoms with Crippen molar-refractivity contribution in [1.82, 2.24) is 15.2 Å². The molecule has 1 saturated heterocycles.